The topological polar surface area (TPSA) is 171 Å². The Hall–Kier alpha value is -2.79. The fourth-order valence-electron chi connectivity index (χ4n) is 3.22. The molecular formula is C23H36N4O6S. The van der Waals surface area contributed by atoms with Gasteiger partial charge in [0.25, 0.3) is 0 Å². The summed E-state index contributed by atoms with van der Waals surface area (Å²) in [5, 5.41) is 26.9. The molecule has 10 nitrogen and oxygen atoms in total. The number of carboxylic acid groups (broad SMARTS) is 1. The number of amides is 3. The van der Waals surface area contributed by atoms with Crippen molar-refractivity contribution in [3.8, 4) is 5.75 Å². The van der Waals surface area contributed by atoms with Gasteiger partial charge < -0.3 is 31.9 Å². The van der Waals surface area contributed by atoms with Crippen LogP contribution in [0.3, 0.4) is 0 Å². The number of phenolic OH excluding ortho intramolecular Hbond substituents is 1. The van der Waals surface area contributed by atoms with E-state index in [-0.39, 0.29) is 43.4 Å². The third-order valence-corrected chi connectivity index (χ3v) is 5.61. The number of aliphatic carboxylic acids is 1. The minimum Gasteiger partial charge on any atom is -0.508 e. The van der Waals surface area contributed by atoms with Gasteiger partial charge in [0.05, 0.1) is 0 Å². The Morgan fingerprint density at radius 3 is 2.09 bits per heavy atom. The summed E-state index contributed by atoms with van der Waals surface area (Å²) in [6.07, 6.45) is 2.58. The van der Waals surface area contributed by atoms with Gasteiger partial charge in [-0.3, -0.25) is 14.4 Å². The fraction of sp³-hybridized carbons (Fsp3) is 0.565. The standard InChI is InChI=1S/C23H36N4O6S/c1-14(2)12-19(23(32)33)27-22(31)18(13-15-4-6-16(28)7-5-15)26-21(30)17(9-11-34-3)25-20(29)8-10-24/h4-7,14,17-19,28H,8-13,24H2,1-3H3,(H,25,29)(H,26,30)(H,27,31)(H,32,33)/t17-,18-,19-/m0/s1. The highest BCUT2D eigenvalue weighted by atomic mass is 32.2. The van der Waals surface area contributed by atoms with Crippen LogP contribution >= 0.6 is 11.8 Å². The number of aromatic hydroxyl groups is 1. The molecule has 0 aliphatic rings. The van der Waals surface area contributed by atoms with Crippen LogP contribution in [-0.2, 0) is 25.6 Å². The molecule has 0 unspecified atom stereocenters. The molecule has 0 bridgehead atoms. The molecule has 0 radical (unpaired) electrons. The molecule has 7 N–H and O–H groups in total. The number of carbonyl (C=O) groups is 4. The van der Waals surface area contributed by atoms with Gasteiger partial charge in [-0.2, -0.15) is 11.8 Å². The highest BCUT2D eigenvalue weighted by molar-refractivity contribution is 7.98. The van der Waals surface area contributed by atoms with Crippen molar-refractivity contribution in [3.05, 3.63) is 29.8 Å². The number of benzene rings is 1. The van der Waals surface area contributed by atoms with E-state index < -0.39 is 35.9 Å². The van der Waals surface area contributed by atoms with Gasteiger partial charge in [0.1, 0.15) is 23.9 Å². The summed E-state index contributed by atoms with van der Waals surface area (Å²) in [5.41, 5.74) is 6.07. The maximum atomic E-state index is 13.1. The normalized spacial score (nSPS) is 13.6. The molecule has 0 aliphatic carbocycles. The molecule has 0 saturated heterocycles. The molecule has 11 heteroatoms. The number of carbonyl (C=O) groups excluding carboxylic acids is 3. The van der Waals surface area contributed by atoms with Crippen LogP contribution in [0.1, 0.15) is 38.7 Å². The number of phenols is 1. The number of hydrogen-bond donors (Lipinski definition) is 6. The number of carboxylic acids is 1. The van der Waals surface area contributed by atoms with E-state index in [4.69, 9.17) is 5.73 Å². The molecule has 0 spiro atoms. The van der Waals surface area contributed by atoms with E-state index in [0.717, 1.165) is 0 Å². The Bertz CT molecular complexity index is 818. The Balaban J connectivity index is 3.09. The average molecular weight is 497 g/mol. The summed E-state index contributed by atoms with van der Waals surface area (Å²) in [6.45, 7) is 3.83. The Labute approximate surface area is 204 Å². The molecule has 0 heterocycles. The summed E-state index contributed by atoms with van der Waals surface area (Å²) >= 11 is 1.51. The van der Waals surface area contributed by atoms with E-state index in [1.54, 1.807) is 12.1 Å². The average Bonchev–Trinajstić information content (AvgIpc) is 2.76. The molecule has 0 aromatic heterocycles. The van der Waals surface area contributed by atoms with Gasteiger partial charge in [-0.15, -0.1) is 0 Å². The van der Waals surface area contributed by atoms with Crippen LogP contribution in [0.15, 0.2) is 24.3 Å². The Kier molecular flexibility index (Phi) is 13.1. The van der Waals surface area contributed by atoms with E-state index in [1.165, 1.54) is 23.9 Å². The van der Waals surface area contributed by atoms with Crippen molar-refractivity contribution in [3.63, 3.8) is 0 Å². The highest BCUT2D eigenvalue weighted by Gasteiger charge is 2.30. The van der Waals surface area contributed by atoms with Gasteiger partial charge in [0, 0.05) is 19.4 Å². The SMILES string of the molecule is CSCC[C@H](NC(=O)CCN)C(=O)N[C@@H](Cc1ccc(O)cc1)C(=O)N[C@@H](CC(C)C)C(=O)O. The van der Waals surface area contributed by atoms with Gasteiger partial charge in [-0.25, -0.2) is 4.79 Å². The van der Waals surface area contributed by atoms with Gasteiger partial charge in [-0.1, -0.05) is 26.0 Å². The lowest BCUT2D eigenvalue weighted by molar-refractivity contribution is -0.142. The summed E-state index contributed by atoms with van der Waals surface area (Å²) < 4.78 is 0. The minimum atomic E-state index is -1.16. The monoisotopic (exact) mass is 496 g/mol. The first-order valence-electron chi connectivity index (χ1n) is 11.2. The Morgan fingerprint density at radius 1 is 0.971 bits per heavy atom. The maximum Gasteiger partial charge on any atom is 0.326 e. The first kappa shape index (κ1) is 29.2. The Morgan fingerprint density at radius 2 is 1.56 bits per heavy atom. The first-order chi connectivity index (χ1) is 16.1. The molecule has 3 atom stereocenters. The predicted octanol–water partition coefficient (Wildman–Crippen LogP) is 0.622. The lowest BCUT2D eigenvalue weighted by Crippen LogP contribution is -2.56. The fourth-order valence-corrected chi connectivity index (χ4v) is 3.69. The largest absolute Gasteiger partial charge is 0.508 e. The van der Waals surface area contributed by atoms with Gasteiger partial charge in [0.2, 0.25) is 17.7 Å². The summed E-state index contributed by atoms with van der Waals surface area (Å²) in [5.74, 6) is -2.04. The van der Waals surface area contributed by atoms with E-state index in [0.29, 0.717) is 17.7 Å². The zero-order valence-corrected chi connectivity index (χ0v) is 20.7. The smallest absolute Gasteiger partial charge is 0.326 e. The second-order valence-corrected chi connectivity index (χ2v) is 9.39. The molecule has 0 aliphatic heterocycles. The van der Waals surface area contributed by atoms with Crippen molar-refractivity contribution >= 4 is 35.5 Å². The number of rotatable bonds is 15. The molecule has 1 aromatic carbocycles. The van der Waals surface area contributed by atoms with Crippen molar-refractivity contribution in [2.45, 2.75) is 57.7 Å². The van der Waals surface area contributed by atoms with Crippen molar-refractivity contribution in [2.24, 2.45) is 11.7 Å². The number of nitrogens with one attached hydrogen (secondary N) is 3. The lowest BCUT2D eigenvalue weighted by atomic mass is 10.0. The second kappa shape index (κ2) is 15.2. The van der Waals surface area contributed by atoms with Crippen molar-refractivity contribution < 1.29 is 29.4 Å². The van der Waals surface area contributed by atoms with E-state index in [1.807, 2.05) is 20.1 Å². The minimum absolute atomic E-state index is 0.0280. The summed E-state index contributed by atoms with van der Waals surface area (Å²) in [4.78, 5) is 49.8. The van der Waals surface area contributed by atoms with E-state index in [9.17, 15) is 29.4 Å². The van der Waals surface area contributed by atoms with Crippen LogP contribution in [0.2, 0.25) is 0 Å². The van der Waals surface area contributed by atoms with Gasteiger partial charge in [0.15, 0.2) is 0 Å². The number of hydrogen-bond acceptors (Lipinski definition) is 7. The lowest BCUT2D eigenvalue weighted by Gasteiger charge is -2.25. The molecule has 190 valence electrons. The molecule has 34 heavy (non-hydrogen) atoms. The highest BCUT2D eigenvalue weighted by Crippen LogP contribution is 2.13. The van der Waals surface area contributed by atoms with Crippen molar-refractivity contribution in [1.29, 1.82) is 0 Å². The zero-order chi connectivity index (χ0) is 25.7. The molecular weight excluding hydrogens is 460 g/mol. The number of thioether (sulfide) groups is 1. The van der Waals surface area contributed by atoms with Crippen molar-refractivity contribution in [2.75, 3.05) is 18.6 Å². The first-order valence-corrected chi connectivity index (χ1v) is 12.6. The quantitative estimate of drug-likeness (QED) is 0.205. The molecule has 1 rings (SSSR count). The third-order valence-electron chi connectivity index (χ3n) is 4.96. The van der Waals surface area contributed by atoms with Crippen LogP contribution in [-0.4, -0.2) is 70.6 Å². The van der Waals surface area contributed by atoms with Crippen LogP contribution < -0.4 is 21.7 Å². The predicted molar refractivity (Wildman–Crippen MR) is 131 cm³/mol. The number of nitrogens with two attached hydrogens (primary N) is 1. The van der Waals surface area contributed by atoms with E-state index >= 15 is 0 Å². The molecule has 0 saturated carbocycles. The maximum absolute atomic E-state index is 13.1. The third kappa shape index (κ3) is 10.9. The summed E-state index contributed by atoms with van der Waals surface area (Å²) in [7, 11) is 0. The second-order valence-electron chi connectivity index (χ2n) is 8.40. The van der Waals surface area contributed by atoms with Gasteiger partial charge in [-0.05, 0) is 48.5 Å². The molecule has 0 fully saturated rings. The molecule has 3 amide bonds. The van der Waals surface area contributed by atoms with Crippen molar-refractivity contribution in [1.82, 2.24) is 16.0 Å². The summed E-state index contributed by atoms with van der Waals surface area (Å²) in [6, 6.07) is 3.07. The van der Waals surface area contributed by atoms with Crippen LogP contribution in [0, 0.1) is 5.92 Å². The van der Waals surface area contributed by atoms with Crippen LogP contribution in [0.5, 0.6) is 5.75 Å². The van der Waals surface area contributed by atoms with Crippen LogP contribution in [0.25, 0.3) is 0 Å². The zero-order valence-electron chi connectivity index (χ0n) is 19.9. The van der Waals surface area contributed by atoms with E-state index in [2.05, 4.69) is 16.0 Å². The van der Waals surface area contributed by atoms with Gasteiger partial charge >= 0.3 is 5.97 Å². The molecule has 1 aromatic rings. The van der Waals surface area contributed by atoms with Crippen LogP contribution in [0.4, 0.5) is 0 Å².